The lowest BCUT2D eigenvalue weighted by Gasteiger charge is -2.19. The second kappa shape index (κ2) is 8.80. The molecule has 1 aliphatic rings. The maximum atomic E-state index is 12.2. The summed E-state index contributed by atoms with van der Waals surface area (Å²) in [6.45, 7) is 4.00. The van der Waals surface area contributed by atoms with Crippen molar-refractivity contribution in [1.82, 2.24) is 14.9 Å². The number of hydrogen-bond donors (Lipinski definition) is 1. The van der Waals surface area contributed by atoms with Crippen molar-refractivity contribution in [2.24, 2.45) is 0 Å². The molecule has 6 nitrogen and oxygen atoms in total. The van der Waals surface area contributed by atoms with Crippen molar-refractivity contribution >= 4 is 17.7 Å². The van der Waals surface area contributed by atoms with Crippen LogP contribution in [-0.2, 0) is 11.3 Å². The highest BCUT2D eigenvalue weighted by Gasteiger charge is 2.13. The van der Waals surface area contributed by atoms with E-state index in [4.69, 9.17) is 9.47 Å². The van der Waals surface area contributed by atoms with Gasteiger partial charge in [-0.05, 0) is 24.6 Å². The van der Waals surface area contributed by atoms with Gasteiger partial charge in [-0.15, -0.1) is 11.8 Å². The molecule has 1 N–H and O–H groups in total. The minimum atomic E-state index is 0.0806. The van der Waals surface area contributed by atoms with E-state index in [0.29, 0.717) is 19.6 Å². The van der Waals surface area contributed by atoms with E-state index in [2.05, 4.69) is 17.2 Å². The Bertz CT molecular complexity index is 691. The van der Waals surface area contributed by atoms with Gasteiger partial charge in [0.2, 0.25) is 5.91 Å². The Labute approximate surface area is 151 Å². The van der Waals surface area contributed by atoms with E-state index in [-0.39, 0.29) is 11.9 Å². The van der Waals surface area contributed by atoms with Gasteiger partial charge in [-0.1, -0.05) is 6.92 Å². The lowest BCUT2D eigenvalue weighted by molar-refractivity contribution is -0.121. The van der Waals surface area contributed by atoms with Gasteiger partial charge in [0.25, 0.3) is 0 Å². The summed E-state index contributed by atoms with van der Waals surface area (Å²) in [7, 11) is 0. The Kier molecular flexibility index (Phi) is 6.22. The van der Waals surface area contributed by atoms with Crippen LogP contribution in [0.15, 0.2) is 41.8 Å². The van der Waals surface area contributed by atoms with Crippen LogP contribution < -0.4 is 14.8 Å². The molecule has 0 aliphatic carbocycles. The molecule has 1 atom stereocenters. The number of carbonyl (C=O) groups excluding carboxylic acids is 1. The van der Waals surface area contributed by atoms with Crippen molar-refractivity contribution in [3.05, 3.63) is 36.9 Å². The van der Waals surface area contributed by atoms with Gasteiger partial charge in [0.1, 0.15) is 13.2 Å². The number of nitrogens with one attached hydrogen (secondary N) is 1. The summed E-state index contributed by atoms with van der Waals surface area (Å²) in [6, 6.07) is 6.03. The van der Waals surface area contributed by atoms with Gasteiger partial charge in [0.05, 0.1) is 6.33 Å². The average Bonchev–Trinajstić information content (AvgIpc) is 3.14. The molecular formula is C18H23N3O3S. The van der Waals surface area contributed by atoms with Crippen molar-refractivity contribution in [3.63, 3.8) is 0 Å². The van der Waals surface area contributed by atoms with Gasteiger partial charge in [-0.3, -0.25) is 4.79 Å². The second-order valence-corrected chi connectivity index (χ2v) is 7.00. The normalized spacial score (nSPS) is 14.1. The molecule has 3 rings (SSSR count). The molecule has 1 amide bonds. The summed E-state index contributed by atoms with van der Waals surface area (Å²) in [4.78, 5) is 17.3. The Morgan fingerprint density at radius 1 is 1.36 bits per heavy atom. The van der Waals surface area contributed by atoms with E-state index in [1.807, 2.05) is 29.0 Å². The van der Waals surface area contributed by atoms with E-state index in [0.717, 1.165) is 35.1 Å². The van der Waals surface area contributed by atoms with Crippen molar-refractivity contribution in [2.45, 2.75) is 37.2 Å². The number of hydrogen-bond acceptors (Lipinski definition) is 5. The van der Waals surface area contributed by atoms with Gasteiger partial charge in [0.15, 0.2) is 11.5 Å². The van der Waals surface area contributed by atoms with Crippen LogP contribution in [0.2, 0.25) is 0 Å². The first kappa shape index (κ1) is 17.7. The fourth-order valence-corrected chi connectivity index (χ4v) is 3.48. The number of ether oxygens (including phenoxy) is 2. The maximum absolute atomic E-state index is 12.2. The Morgan fingerprint density at radius 2 is 2.20 bits per heavy atom. The molecule has 25 heavy (non-hydrogen) atoms. The third-order valence-corrected chi connectivity index (χ3v) is 4.96. The van der Waals surface area contributed by atoms with Crippen LogP contribution in [0, 0.1) is 0 Å². The topological polar surface area (TPSA) is 65.4 Å². The smallest absolute Gasteiger partial charge is 0.221 e. The van der Waals surface area contributed by atoms with Gasteiger partial charge >= 0.3 is 0 Å². The minimum Gasteiger partial charge on any atom is -0.486 e. The van der Waals surface area contributed by atoms with Crippen LogP contribution >= 0.6 is 11.8 Å². The second-order valence-electron chi connectivity index (χ2n) is 5.84. The summed E-state index contributed by atoms with van der Waals surface area (Å²) >= 11 is 1.65. The summed E-state index contributed by atoms with van der Waals surface area (Å²) in [5.74, 6) is 2.38. The zero-order valence-electron chi connectivity index (χ0n) is 14.3. The van der Waals surface area contributed by atoms with Crippen molar-refractivity contribution in [1.29, 1.82) is 0 Å². The summed E-state index contributed by atoms with van der Waals surface area (Å²) in [6.07, 6.45) is 6.80. The van der Waals surface area contributed by atoms with Gasteiger partial charge < -0.3 is 19.4 Å². The number of thioether (sulfide) groups is 1. The number of benzene rings is 1. The van der Waals surface area contributed by atoms with Crippen LogP contribution in [0.1, 0.15) is 19.8 Å². The summed E-state index contributed by atoms with van der Waals surface area (Å²) in [5.41, 5.74) is 0. The zero-order chi connectivity index (χ0) is 17.5. The quantitative estimate of drug-likeness (QED) is 0.733. The molecule has 0 saturated carbocycles. The number of aromatic nitrogens is 2. The first-order valence-electron chi connectivity index (χ1n) is 8.52. The molecule has 1 aliphatic heterocycles. The number of amides is 1. The van der Waals surface area contributed by atoms with Gasteiger partial charge in [-0.2, -0.15) is 0 Å². The standard InChI is InChI=1S/C18H23N3O3S/c1-2-14(12-21-7-6-19-13-21)20-18(22)5-10-25-15-3-4-16-17(11-15)24-9-8-23-16/h3-4,6-7,11,13-14H,2,5,8-10,12H2,1H3,(H,20,22)/t14-/m0/s1. The molecule has 0 fully saturated rings. The summed E-state index contributed by atoms with van der Waals surface area (Å²) in [5, 5.41) is 3.10. The SMILES string of the molecule is CC[C@@H](Cn1ccnc1)NC(=O)CCSc1ccc2c(c1)OCCO2. The van der Waals surface area contributed by atoms with E-state index in [1.165, 1.54) is 0 Å². The van der Waals surface area contributed by atoms with E-state index in [9.17, 15) is 4.79 Å². The molecule has 7 heteroatoms. The Hall–Kier alpha value is -2.15. The lowest BCUT2D eigenvalue weighted by atomic mass is 10.2. The van der Waals surface area contributed by atoms with Crippen LogP contribution in [0.4, 0.5) is 0 Å². The van der Waals surface area contributed by atoms with Crippen LogP contribution in [0.25, 0.3) is 0 Å². The Balaban J connectivity index is 1.42. The first-order chi connectivity index (χ1) is 12.2. The average molecular weight is 361 g/mol. The zero-order valence-corrected chi connectivity index (χ0v) is 15.1. The monoisotopic (exact) mass is 361 g/mol. The minimum absolute atomic E-state index is 0.0806. The maximum Gasteiger partial charge on any atom is 0.221 e. The van der Waals surface area contributed by atoms with Crippen LogP contribution in [0.3, 0.4) is 0 Å². The van der Waals surface area contributed by atoms with Gasteiger partial charge in [0, 0.05) is 42.0 Å². The van der Waals surface area contributed by atoms with E-state index < -0.39 is 0 Å². The summed E-state index contributed by atoms with van der Waals surface area (Å²) < 4.78 is 13.1. The van der Waals surface area contributed by atoms with E-state index in [1.54, 1.807) is 24.3 Å². The van der Waals surface area contributed by atoms with Crippen molar-refractivity contribution in [3.8, 4) is 11.5 Å². The molecule has 1 aromatic heterocycles. The number of rotatable bonds is 8. The molecule has 1 aromatic carbocycles. The largest absolute Gasteiger partial charge is 0.486 e. The molecule has 0 spiro atoms. The molecule has 0 radical (unpaired) electrons. The molecule has 0 unspecified atom stereocenters. The first-order valence-corrected chi connectivity index (χ1v) is 9.50. The predicted molar refractivity (Wildman–Crippen MR) is 97.2 cm³/mol. The highest BCUT2D eigenvalue weighted by Crippen LogP contribution is 2.34. The molecule has 2 heterocycles. The van der Waals surface area contributed by atoms with Crippen LogP contribution in [-0.4, -0.2) is 40.5 Å². The number of imidazole rings is 1. The number of fused-ring (bicyclic) bond motifs is 1. The van der Waals surface area contributed by atoms with Gasteiger partial charge in [-0.25, -0.2) is 4.98 Å². The number of nitrogens with zero attached hydrogens (tertiary/aromatic N) is 2. The third kappa shape index (κ3) is 5.16. The van der Waals surface area contributed by atoms with Crippen molar-refractivity contribution < 1.29 is 14.3 Å². The lowest BCUT2D eigenvalue weighted by Crippen LogP contribution is -2.37. The molecular weight excluding hydrogens is 338 g/mol. The Morgan fingerprint density at radius 3 is 2.96 bits per heavy atom. The fourth-order valence-electron chi connectivity index (χ4n) is 2.60. The van der Waals surface area contributed by atoms with Crippen molar-refractivity contribution in [2.75, 3.05) is 19.0 Å². The predicted octanol–water partition coefficient (Wildman–Crippen LogP) is 2.73. The molecule has 134 valence electrons. The highest BCUT2D eigenvalue weighted by atomic mass is 32.2. The molecule has 0 saturated heterocycles. The number of carbonyl (C=O) groups is 1. The fraction of sp³-hybridized carbons (Fsp3) is 0.444. The molecule has 0 bridgehead atoms. The highest BCUT2D eigenvalue weighted by molar-refractivity contribution is 7.99. The van der Waals surface area contributed by atoms with Crippen LogP contribution in [0.5, 0.6) is 11.5 Å². The molecule has 2 aromatic rings. The third-order valence-electron chi connectivity index (χ3n) is 3.96. The van der Waals surface area contributed by atoms with E-state index >= 15 is 0 Å².